The number of carbonyl (C=O) groups is 4. The summed E-state index contributed by atoms with van der Waals surface area (Å²) in [5.41, 5.74) is 2.64. The van der Waals surface area contributed by atoms with Gasteiger partial charge in [0.05, 0.1) is 6.42 Å². The molecule has 228 valence electrons. The van der Waals surface area contributed by atoms with Crippen molar-refractivity contribution in [3.8, 4) is 0 Å². The summed E-state index contributed by atoms with van der Waals surface area (Å²) in [4.78, 5) is 55.5. The van der Waals surface area contributed by atoms with Gasteiger partial charge in [0.25, 0.3) is 5.91 Å². The third-order valence-electron chi connectivity index (χ3n) is 7.55. The molecule has 3 aromatic carbocycles. The molecule has 2 aliphatic heterocycles. The Hall–Kier alpha value is -4.67. The number of nitrogens with zero attached hydrogens (tertiary/aromatic N) is 1. The predicted octanol–water partition coefficient (Wildman–Crippen LogP) is 5.58. The molecule has 1 unspecified atom stereocenters. The van der Waals surface area contributed by atoms with Crippen LogP contribution in [-0.4, -0.2) is 45.8 Å². The van der Waals surface area contributed by atoms with E-state index in [2.05, 4.69) is 5.32 Å². The summed E-state index contributed by atoms with van der Waals surface area (Å²) in [6.45, 7) is 1.31. The fourth-order valence-corrected chi connectivity index (χ4v) is 7.59. The van der Waals surface area contributed by atoms with E-state index >= 15 is 0 Å². The van der Waals surface area contributed by atoms with Crippen LogP contribution in [0.15, 0.2) is 120 Å². The minimum atomic E-state index is -0.924. The van der Waals surface area contributed by atoms with Crippen LogP contribution in [0.2, 0.25) is 0 Å². The number of esters is 2. The molecule has 2 aliphatic rings. The monoisotopic (exact) mass is 638 g/mol. The first-order chi connectivity index (χ1) is 21.9. The lowest BCUT2D eigenvalue weighted by molar-refractivity contribution is -0.155. The van der Waals surface area contributed by atoms with Crippen LogP contribution in [0.5, 0.6) is 0 Å². The van der Waals surface area contributed by atoms with Crippen molar-refractivity contribution in [2.24, 2.45) is 0 Å². The highest BCUT2D eigenvalue weighted by Gasteiger charge is 2.55. The molecule has 1 saturated heterocycles. The highest BCUT2D eigenvalue weighted by atomic mass is 32.2. The quantitative estimate of drug-likeness (QED) is 0.179. The number of fused-ring (bicyclic) bond motifs is 1. The molecule has 0 spiro atoms. The minimum absolute atomic E-state index is 0.0273. The van der Waals surface area contributed by atoms with E-state index in [1.807, 2.05) is 109 Å². The van der Waals surface area contributed by atoms with Gasteiger partial charge in [0, 0.05) is 23.1 Å². The van der Waals surface area contributed by atoms with E-state index in [1.54, 1.807) is 0 Å². The summed E-state index contributed by atoms with van der Waals surface area (Å²) in [6, 6.07) is 30.7. The molecule has 0 radical (unpaired) electrons. The van der Waals surface area contributed by atoms with Gasteiger partial charge < -0.3 is 14.8 Å². The maximum absolute atomic E-state index is 14.4. The average molecular weight is 639 g/mol. The van der Waals surface area contributed by atoms with Gasteiger partial charge in [0.15, 0.2) is 12.2 Å². The number of amides is 2. The molecular formula is C35H30N2O6S2. The number of thiophene rings is 1. The Balaban J connectivity index is 1.37. The SMILES string of the molecule is CC(=O)OC(C1=C(C(=O)OC(c2ccccc2)c2ccccc2)N2C(=O)[C@@H](NC(=O)Cc3cccs3)[C@@H]2SC1)c1ccccc1. The number of β-lactam (4-membered cyclic amide) rings is 1. The van der Waals surface area contributed by atoms with Gasteiger partial charge in [0.2, 0.25) is 5.91 Å². The Morgan fingerprint density at radius 3 is 1.93 bits per heavy atom. The number of ether oxygens (including phenoxy) is 2. The van der Waals surface area contributed by atoms with Gasteiger partial charge >= 0.3 is 11.9 Å². The number of hydrogen-bond acceptors (Lipinski definition) is 8. The molecule has 1 aromatic heterocycles. The predicted molar refractivity (Wildman–Crippen MR) is 172 cm³/mol. The standard InChI is InChI=1S/C35H30N2O6S2/c1-22(38)42-32(25-16-9-4-10-17-25)27-21-45-34-29(36-28(39)20-26-18-11-19-44-26)33(40)37(34)30(27)35(41)43-31(23-12-5-2-6-13-23)24-14-7-3-8-15-24/h2-19,29,31-32,34H,20-21H2,1H3,(H,36,39)/t29-,32?,34+/m1/s1. The number of carbonyl (C=O) groups excluding carboxylic acids is 4. The van der Waals surface area contributed by atoms with Gasteiger partial charge in [-0.3, -0.25) is 19.3 Å². The fourth-order valence-electron chi connectivity index (χ4n) is 5.51. The van der Waals surface area contributed by atoms with Crippen molar-refractivity contribution in [2.75, 3.05) is 5.75 Å². The Labute approximate surface area is 269 Å². The van der Waals surface area contributed by atoms with Crippen LogP contribution in [0.1, 0.15) is 40.7 Å². The highest BCUT2D eigenvalue weighted by molar-refractivity contribution is 8.00. The van der Waals surface area contributed by atoms with Crippen molar-refractivity contribution < 1.29 is 28.7 Å². The van der Waals surface area contributed by atoms with Crippen molar-refractivity contribution >= 4 is 46.9 Å². The van der Waals surface area contributed by atoms with E-state index in [9.17, 15) is 19.2 Å². The summed E-state index contributed by atoms with van der Waals surface area (Å²) in [5, 5.41) is 4.22. The molecule has 4 aromatic rings. The molecule has 1 N–H and O–H groups in total. The summed E-state index contributed by atoms with van der Waals surface area (Å²) in [5.74, 6) is -1.69. The van der Waals surface area contributed by atoms with Crippen LogP contribution in [0.3, 0.4) is 0 Å². The summed E-state index contributed by atoms with van der Waals surface area (Å²) in [6.07, 6.45) is -1.53. The van der Waals surface area contributed by atoms with E-state index in [0.717, 1.165) is 16.0 Å². The second kappa shape index (κ2) is 13.5. The first-order valence-electron chi connectivity index (χ1n) is 14.4. The zero-order chi connectivity index (χ0) is 31.3. The van der Waals surface area contributed by atoms with Gasteiger partial charge in [-0.25, -0.2) is 4.79 Å². The maximum atomic E-state index is 14.4. The molecule has 6 rings (SSSR count). The lowest BCUT2D eigenvalue weighted by Crippen LogP contribution is -2.70. The van der Waals surface area contributed by atoms with Crippen molar-refractivity contribution in [1.82, 2.24) is 10.2 Å². The molecule has 3 heterocycles. The zero-order valence-corrected chi connectivity index (χ0v) is 26.0. The lowest BCUT2D eigenvalue weighted by Gasteiger charge is -2.50. The number of nitrogens with one attached hydrogen (secondary N) is 1. The minimum Gasteiger partial charge on any atom is -0.453 e. The third-order valence-corrected chi connectivity index (χ3v) is 9.73. The lowest BCUT2D eigenvalue weighted by atomic mass is 9.96. The van der Waals surface area contributed by atoms with Crippen LogP contribution >= 0.6 is 23.1 Å². The molecule has 2 amide bonds. The van der Waals surface area contributed by atoms with Crippen LogP contribution in [-0.2, 0) is 35.1 Å². The molecule has 0 aliphatic carbocycles. The van der Waals surface area contributed by atoms with Gasteiger partial charge in [-0.05, 0) is 28.1 Å². The number of hydrogen-bond donors (Lipinski definition) is 1. The Bertz CT molecular complexity index is 1670. The topological polar surface area (TPSA) is 102 Å². The average Bonchev–Trinajstić information content (AvgIpc) is 3.58. The van der Waals surface area contributed by atoms with Crippen LogP contribution in [0, 0.1) is 0 Å². The van der Waals surface area contributed by atoms with E-state index in [0.29, 0.717) is 11.1 Å². The van der Waals surface area contributed by atoms with E-state index in [-0.39, 0.29) is 23.8 Å². The summed E-state index contributed by atoms with van der Waals surface area (Å²) >= 11 is 2.87. The fraction of sp³-hybridized carbons (Fsp3) is 0.200. The van der Waals surface area contributed by atoms with Gasteiger partial charge in [-0.15, -0.1) is 23.1 Å². The Morgan fingerprint density at radius 1 is 0.822 bits per heavy atom. The van der Waals surface area contributed by atoms with Gasteiger partial charge in [0.1, 0.15) is 17.1 Å². The first kappa shape index (κ1) is 30.4. The van der Waals surface area contributed by atoms with Crippen molar-refractivity contribution in [3.05, 3.63) is 141 Å². The first-order valence-corrected chi connectivity index (χ1v) is 16.4. The summed E-state index contributed by atoms with van der Waals surface area (Å²) in [7, 11) is 0. The van der Waals surface area contributed by atoms with Gasteiger partial charge in [-0.1, -0.05) is 97.1 Å². The molecular weight excluding hydrogens is 609 g/mol. The number of benzene rings is 3. The second-order valence-corrected chi connectivity index (χ2v) is 12.7. The Kier molecular flexibility index (Phi) is 9.13. The van der Waals surface area contributed by atoms with E-state index in [1.165, 1.54) is 34.9 Å². The smallest absolute Gasteiger partial charge is 0.356 e. The van der Waals surface area contributed by atoms with E-state index in [4.69, 9.17) is 9.47 Å². The van der Waals surface area contributed by atoms with Crippen LogP contribution in [0.4, 0.5) is 0 Å². The largest absolute Gasteiger partial charge is 0.453 e. The van der Waals surface area contributed by atoms with E-state index < -0.39 is 41.5 Å². The van der Waals surface area contributed by atoms with Crippen molar-refractivity contribution in [1.29, 1.82) is 0 Å². The molecule has 0 saturated carbocycles. The number of thioether (sulfide) groups is 1. The molecule has 10 heteroatoms. The molecule has 0 bridgehead atoms. The van der Waals surface area contributed by atoms with Gasteiger partial charge in [-0.2, -0.15) is 0 Å². The molecule has 8 nitrogen and oxygen atoms in total. The second-order valence-electron chi connectivity index (χ2n) is 10.6. The van der Waals surface area contributed by atoms with Crippen molar-refractivity contribution in [2.45, 2.75) is 37.0 Å². The molecule has 1 fully saturated rings. The van der Waals surface area contributed by atoms with Crippen LogP contribution < -0.4 is 5.32 Å². The number of rotatable bonds is 10. The Morgan fingerprint density at radius 2 is 1.40 bits per heavy atom. The zero-order valence-electron chi connectivity index (χ0n) is 24.3. The summed E-state index contributed by atoms with van der Waals surface area (Å²) < 4.78 is 12.0. The van der Waals surface area contributed by atoms with Crippen molar-refractivity contribution in [3.63, 3.8) is 0 Å². The molecule has 3 atom stereocenters. The molecule has 45 heavy (non-hydrogen) atoms. The highest BCUT2D eigenvalue weighted by Crippen LogP contribution is 2.45. The normalized spacial score (nSPS) is 18.1. The van der Waals surface area contributed by atoms with Crippen LogP contribution in [0.25, 0.3) is 0 Å². The third kappa shape index (κ3) is 6.57. The maximum Gasteiger partial charge on any atom is 0.356 e.